The SMILES string of the molecule is CCc1nccn1CCC(=O)N1CC[C@@]2(CCCN(CC3CCCCC3)C2)C1. The van der Waals surface area contributed by atoms with Gasteiger partial charge in [0.25, 0.3) is 0 Å². The third kappa shape index (κ3) is 4.61. The molecule has 0 radical (unpaired) electrons. The van der Waals surface area contributed by atoms with Crippen LogP contribution >= 0.6 is 0 Å². The van der Waals surface area contributed by atoms with Crippen LogP contribution in [0.1, 0.15) is 70.5 Å². The van der Waals surface area contributed by atoms with E-state index in [1.54, 1.807) is 0 Å². The van der Waals surface area contributed by atoms with E-state index in [1.165, 1.54) is 71.0 Å². The highest BCUT2D eigenvalue weighted by atomic mass is 16.2. The molecule has 4 rings (SSSR count). The summed E-state index contributed by atoms with van der Waals surface area (Å²) in [6.07, 6.45) is 16.4. The number of hydrogen-bond acceptors (Lipinski definition) is 3. The topological polar surface area (TPSA) is 41.4 Å². The van der Waals surface area contributed by atoms with Crippen molar-refractivity contribution in [1.82, 2.24) is 19.4 Å². The van der Waals surface area contributed by atoms with Gasteiger partial charge in [-0.2, -0.15) is 0 Å². The maximum atomic E-state index is 12.8. The summed E-state index contributed by atoms with van der Waals surface area (Å²) in [4.78, 5) is 22.1. The van der Waals surface area contributed by atoms with E-state index in [-0.39, 0.29) is 0 Å². The summed E-state index contributed by atoms with van der Waals surface area (Å²) in [5, 5.41) is 0. The number of likely N-dealkylation sites (tertiary alicyclic amines) is 2. The minimum absolute atomic E-state index is 0.331. The van der Waals surface area contributed by atoms with Crippen LogP contribution in [0.25, 0.3) is 0 Å². The first-order valence-electron chi connectivity index (χ1n) is 11.7. The molecular weight excluding hydrogens is 348 g/mol. The molecule has 0 aromatic carbocycles. The first-order valence-corrected chi connectivity index (χ1v) is 11.7. The number of carbonyl (C=O) groups excluding carboxylic acids is 1. The second-order valence-electron chi connectivity index (χ2n) is 9.55. The molecule has 2 saturated heterocycles. The minimum atomic E-state index is 0.331. The van der Waals surface area contributed by atoms with E-state index in [9.17, 15) is 4.79 Å². The van der Waals surface area contributed by atoms with E-state index in [2.05, 4.69) is 26.3 Å². The molecule has 156 valence electrons. The number of hydrogen-bond donors (Lipinski definition) is 0. The predicted molar refractivity (Wildman–Crippen MR) is 112 cm³/mol. The third-order valence-electron chi connectivity index (χ3n) is 7.46. The molecule has 1 aliphatic carbocycles. The Balaban J connectivity index is 1.27. The van der Waals surface area contributed by atoms with Crippen molar-refractivity contribution in [1.29, 1.82) is 0 Å². The van der Waals surface area contributed by atoms with Crippen molar-refractivity contribution in [2.24, 2.45) is 11.3 Å². The molecule has 5 nitrogen and oxygen atoms in total. The predicted octanol–water partition coefficient (Wildman–Crippen LogP) is 3.73. The highest BCUT2D eigenvalue weighted by molar-refractivity contribution is 5.76. The van der Waals surface area contributed by atoms with Crippen LogP contribution in [-0.4, -0.2) is 58.0 Å². The summed E-state index contributed by atoms with van der Waals surface area (Å²) < 4.78 is 2.14. The molecule has 1 aromatic heterocycles. The van der Waals surface area contributed by atoms with E-state index < -0.39 is 0 Å². The molecule has 1 atom stereocenters. The lowest BCUT2D eigenvalue weighted by molar-refractivity contribution is -0.131. The van der Waals surface area contributed by atoms with E-state index in [0.717, 1.165) is 37.8 Å². The Labute approximate surface area is 170 Å². The zero-order chi connectivity index (χ0) is 19.4. The maximum Gasteiger partial charge on any atom is 0.224 e. The molecule has 1 saturated carbocycles. The van der Waals surface area contributed by atoms with Crippen LogP contribution in [0, 0.1) is 11.3 Å². The van der Waals surface area contributed by atoms with Crippen LogP contribution in [0.3, 0.4) is 0 Å². The number of nitrogens with zero attached hydrogens (tertiary/aromatic N) is 4. The van der Waals surface area contributed by atoms with Crippen LogP contribution in [-0.2, 0) is 17.8 Å². The molecule has 1 aromatic rings. The van der Waals surface area contributed by atoms with Gasteiger partial charge in [0.05, 0.1) is 0 Å². The first kappa shape index (κ1) is 19.9. The summed E-state index contributed by atoms with van der Waals surface area (Å²) >= 11 is 0. The van der Waals surface area contributed by atoms with E-state index in [0.29, 0.717) is 17.7 Å². The van der Waals surface area contributed by atoms with Crippen LogP contribution in [0.2, 0.25) is 0 Å². The number of rotatable bonds is 6. The molecule has 28 heavy (non-hydrogen) atoms. The third-order valence-corrected chi connectivity index (χ3v) is 7.46. The normalized spacial score (nSPS) is 27.0. The van der Waals surface area contributed by atoms with Crippen LogP contribution in [0.5, 0.6) is 0 Å². The highest BCUT2D eigenvalue weighted by Gasteiger charge is 2.42. The van der Waals surface area contributed by atoms with Crippen molar-refractivity contribution in [2.45, 2.75) is 77.7 Å². The molecule has 1 amide bonds. The molecule has 1 spiro atoms. The average molecular weight is 387 g/mol. The minimum Gasteiger partial charge on any atom is -0.342 e. The zero-order valence-corrected chi connectivity index (χ0v) is 17.7. The fourth-order valence-corrected chi connectivity index (χ4v) is 5.91. The van der Waals surface area contributed by atoms with Gasteiger partial charge in [0.15, 0.2) is 0 Å². The van der Waals surface area contributed by atoms with Crippen molar-refractivity contribution >= 4 is 5.91 Å². The van der Waals surface area contributed by atoms with Crippen LogP contribution in [0.4, 0.5) is 0 Å². The number of aromatic nitrogens is 2. The molecule has 0 unspecified atom stereocenters. The fraction of sp³-hybridized carbons (Fsp3) is 0.826. The van der Waals surface area contributed by atoms with Crippen molar-refractivity contribution in [3.63, 3.8) is 0 Å². The van der Waals surface area contributed by atoms with Crippen molar-refractivity contribution in [3.05, 3.63) is 18.2 Å². The second-order valence-corrected chi connectivity index (χ2v) is 9.55. The number of amides is 1. The van der Waals surface area contributed by atoms with Gasteiger partial charge in [0.1, 0.15) is 5.82 Å². The smallest absolute Gasteiger partial charge is 0.224 e. The van der Waals surface area contributed by atoms with Gasteiger partial charge in [-0.3, -0.25) is 4.79 Å². The van der Waals surface area contributed by atoms with Gasteiger partial charge in [-0.1, -0.05) is 26.2 Å². The van der Waals surface area contributed by atoms with Crippen LogP contribution < -0.4 is 0 Å². The number of piperidine rings is 1. The molecule has 3 heterocycles. The Kier molecular flexibility index (Phi) is 6.39. The fourth-order valence-electron chi connectivity index (χ4n) is 5.91. The Hall–Kier alpha value is -1.36. The van der Waals surface area contributed by atoms with Crippen molar-refractivity contribution < 1.29 is 4.79 Å². The summed E-state index contributed by atoms with van der Waals surface area (Å²) in [6.45, 7) is 8.61. The summed E-state index contributed by atoms with van der Waals surface area (Å²) in [5.74, 6) is 2.33. The molecule has 3 aliphatic rings. The monoisotopic (exact) mass is 386 g/mol. The zero-order valence-electron chi connectivity index (χ0n) is 17.7. The summed E-state index contributed by atoms with van der Waals surface area (Å²) in [6, 6.07) is 0. The lowest BCUT2D eigenvalue weighted by Crippen LogP contribution is -2.47. The number of imidazole rings is 1. The maximum absolute atomic E-state index is 12.8. The van der Waals surface area contributed by atoms with E-state index in [1.807, 2.05) is 12.4 Å². The quantitative estimate of drug-likeness (QED) is 0.748. The molecule has 0 N–H and O–H groups in total. The largest absolute Gasteiger partial charge is 0.342 e. The molecule has 0 bridgehead atoms. The van der Waals surface area contributed by atoms with Crippen LogP contribution in [0.15, 0.2) is 12.4 Å². The van der Waals surface area contributed by atoms with Crippen molar-refractivity contribution in [3.8, 4) is 0 Å². The molecule has 3 fully saturated rings. The first-order chi connectivity index (χ1) is 13.7. The van der Waals surface area contributed by atoms with E-state index in [4.69, 9.17) is 0 Å². The number of carbonyl (C=O) groups is 1. The number of aryl methyl sites for hydroxylation is 2. The Morgan fingerprint density at radius 1 is 1.14 bits per heavy atom. The van der Waals surface area contributed by atoms with Gasteiger partial charge in [-0.05, 0) is 44.6 Å². The molecular formula is C23H38N4O. The Bertz CT molecular complexity index is 651. The standard InChI is InChI=1S/C23H38N4O/c1-2-21-24-12-16-26(21)14-9-22(28)27-15-11-23(19-27)10-6-13-25(18-23)17-20-7-4-3-5-8-20/h12,16,20H,2-11,13-15,17-19H2,1H3/t23-/m1/s1. The molecule has 2 aliphatic heterocycles. The average Bonchev–Trinajstić information content (AvgIpc) is 3.34. The van der Waals surface area contributed by atoms with Gasteiger partial charge >= 0.3 is 0 Å². The highest BCUT2D eigenvalue weighted by Crippen LogP contribution is 2.40. The summed E-state index contributed by atoms with van der Waals surface area (Å²) in [5.41, 5.74) is 0.367. The van der Waals surface area contributed by atoms with Gasteiger partial charge in [-0.15, -0.1) is 0 Å². The summed E-state index contributed by atoms with van der Waals surface area (Å²) in [7, 11) is 0. The van der Waals surface area contributed by atoms with Gasteiger partial charge < -0.3 is 14.4 Å². The Morgan fingerprint density at radius 3 is 2.82 bits per heavy atom. The lowest BCUT2D eigenvalue weighted by atomic mass is 9.78. The molecule has 5 heteroatoms. The second kappa shape index (κ2) is 8.98. The van der Waals surface area contributed by atoms with Gasteiger partial charge in [-0.25, -0.2) is 4.98 Å². The Morgan fingerprint density at radius 2 is 2.00 bits per heavy atom. The van der Waals surface area contributed by atoms with E-state index >= 15 is 0 Å². The van der Waals surface area contributed by atoms with Gasteiger partial charge in [0, 0.05) is 63.4 Å². The van der Waals surface area contributed by atoms with Gasteiger partial charge in [0.2, 0.25) is 5.91 Å². The van der Waals surface area contributed by atoms with Crippen molar-refractivity contribution in [2.75, 3.05) is 32.7 Å². The lowest BCUT2D eigenvalue weighted by Gasteiger charge is -2.42.